The molecule has 8 nitrogen and oxygen atoms in total. The predicted molar refractivity (Wildman–Crippen MR) is 123 cm³/mol. The normalized spacial score (nSPS) is 23.3. The second-order valence-corrected chi connectivity index (χ2v) is 8.48. The third-order valence-electron chi connectivity index (χ3n) is 6.38. The molecule has 174 valence electrons. The molecule has 2 saturated heterocycles. The van der Waals surface area contributed by atoms with Crippen molar-refractivity contribution in [3.8, 4) is 5.75 Å². The zero-order valence-electron chi connectivity index (χ0n) is 18.9. The molecule has 0 bridgehead atoms. The summed E-state index contributed by atoms with van der Waals surface area (Å²) in [4.78, 5) is 42.0. The Bertz CT molecular complexity index is 1040. The second kappa shape index (κ2) is 9.62. The first-order chi connectivity index (χ1) is 15.9. The van der Waals surface area contributed by atoms with Crippen LogP contribution in [0.5, 0.6) is 5.75 Å². The van der Waals surface area contributed by atoms with E-state index in [1.807, 2.05) is 55.5 Å². The molecule has 2 aromatic rings. The Balaban J connectivity index is 1.76. The molecule has 3 atom stereocenters. The van der Waals surface area contributed by atoms with Crippen LogP contribution in [0.2, 0.25) is 0 Å². The summed E-state index contributed by atoms with van der Waals surface area (Å²) in [7, 11) is 1.58. The SMILES string of the molecule is COc1ccccc1C1C(C(=O)N2CCOC(C(N)=O)C2)CCC(=O)N1c1ccc(C)cc1. The number of hydrogen-bond donors (Lipinski definition) is 1. The van der Waals surface area contributed by atoms with Gasteiger partial charge in [0.2, 0.25) is 17.7 Å². The van der Waals surface area contributed by atoms with E-state index in [-0.39, 0.29) is 31.4 Å². The van der Waals surface area contributed by atoms with E-state index in [1.54, 1.807) is 16.9 Å². The number of morpholine rings is 1. The lowest BCUT2D eigenvalue weighted by Crippen LogP contribution is -2.55. The maximum atomic E-state index is 13.8. The van der Waals surface area contributed by atoms with Crippen molar-refractivity contribution in [3.05, 3.63) is 59.7 Å². The number of primary amides is 1. The van der Waals surface area contributed by atoms with E-state index in [4.69, 9.17) is 15.2 Å². The molecule has 0 spiro atoms. The van der Waals surface area contributed by atoms with Gasteiger partial charge in [-0.1, -0.05) is 35.9 Å². The Morgan fingerprint density at radius 3 is 2.55 bits per heavy atom. The highest BCUT2D eigenvalue weighted by atomic mass is 16.5. The predicted octanol–water partition coefficient (Wildman–Crippen LogP) is 2.20. The zero-order chi connectivity index (χ0) is 23.5. The summed E-state index contributed by atoms with van der Waals surface area (Å²) in [5.74, 6) is -0.647. The van der Waals surface area contributed by atoms with Crippen LogP contribution in [0.4, 0.5) is 5.69 Å². The van der Waals surface area contributed by atoms with E-state index in [9.17, 15) is 14.4 Å². The van der Waals surface area contributed by atoms with Crippen molar-refractivity contribution in [2.24, 2.45) is 11.7 Å². The highest BCUT2D eigenvalue weighted by molar-refractivity contribution is 5.97. The van der Waals surface area contributed by atoms with E-state index in [0.29, 0.717) is 18.7 Å². The van der Waals surface area contributed by atoms with Gasteiger partial charge in [-0.2, -0.15) is 0 Å². The van der Waals surface area contributed by atoms with Crippen LogP contribution in [0, 0.1) is 12.8 Å². The lowest BCUT2D eigenvalue weighted by molar-refractivity contribution is -0.149. The number of nitrogens with two attached hydrogens (primary N) is 1. The van der Waals surface area contributed by atoms with Gasteiger partial charge in [0.1, 0.15) is 5.75 Å². The van der Waals surface area contributed by atoms with Gasteiger partial charge in [0.15, 0.2) is 6.10 Å². The zero-order valence-corrected chi connectivity index (χ0v) is 18.9. The highest BCUT2D eigenvalue weighted by Gasteiger charge is 2.44. The van der Waals surface area contributed by atoms with Gasteiger partial charge in [-0.05, 0) is 31.5 Å². The summed E-state index contributed by atoms with van der Waals surface area (Å²) in [6, 6.07) is 14.6. The molecule has 2 heterocycles. The molecule has 2 aromatic carbocycles. The van der Waals surface area contributed by atoms with Crippen molar-refractivity contribution in [1.82, 2.24) is 4.90 Å². The monoisotopic (exact) mass is 451 g/mol. The van der Waals surface area contributed by atoms with Crippen LogP contribution in [0.25, 0.3) is 0 Å². The number of aryl methyl sites for hydroxylation is 1. The Hall–Kier alpha value is -3.39. The van der Waals surface area contributed by atoms with Crippen LogP contribution < -0.4 is 15.4 Å². The standard InChI is InChI=1S/C25H29N3O5/c1-16-7-9-17(10-8-16)28-22(29)12-11-19(23(28)18-5-3-4-6-20(18)32-2)25(31)27-13-14-33-21(15-27)24(26)30/h3-10,19,21,23H,11-15H2,1-2H3,(H2,26,30). The first-order valence-corrected chi connectivity index (χ1v) is 11.1. The minimum Gasteiger partial charge on any atom is -0.496 e. The van der Waals surface area contributed by atoms with Gasteiger partial charge in [0.25, 0.3) is 0 Å². The molecule has 33 heavy (non-hydrogen) atoms. The summed E-state index contributed by atoms with van der Waals surface area (Å²) < 4.78 is 11.0. The molecule has 3 unspecified atom stereocenters. The summed E-state index contributed by atoms with van der Waals surface area (Å²) in [5, 5.41) is 0. The van der Waals surface area contributed by atoms with E-state index in [2.05, 4.69) is 0 Å². The lowest BCUT2D eigenvalue weighted by Gasteiger charge is -2.43. The Kier molecular flexibility index (Phi) is 6.65. The number of hydrogen-bond acceptors (Lipinski definition) is 5. The van der Waals surface area contributed by atoms with Gasteiger partial charge < -0.3 is 25.0 Å². The van der Waals surface area contributed by atoms with Crippen LogP contribution in [0.15, 0.2) is 48.5 Å². The number of carbonyl (C=O) groups excluding carboxylic acids is 3. The second-order valence-electron chi connectivity index (χ2n) is 8.48. The number of piperidine rings is 1. The Morgan fingerprint density at radius 2 is 1.85 bits per heavy atom. The number of para-hydroxylation sites is 1. The number of nitrogens with zero attached hydrogens (tertiary/aromatic N) is 2. The maximum Gasteiger partial charge on any atom is 0.248 e. The van der Waals surface area contributed by atoms with E-state index in [1.165, 1.54) is 0 Å². The summed E-state index contributed by atoms with van der Waals surface area (Å²) >= 11 is 0. The minimum atomic E-state index is -0.828. The quantitative estimate of drug-likeness (QED) is 0.751. The third-order valence-corrected chi connectivity index (χ3v) is 6.38. The van der Waals surface area contributed by atoms with Crippen molar-refractivity contribution >= 4 is 23.4 Å². The van der Waals surface area contributed by atoms with E-state index >= 15 is 0 Å². The average molecular weight is 452 g/mol. The van der Waals surface area contributed by atoms with Crippen LogP contribution in [-0.4, -0.2) is 55.5 Å². The minimum absolute atomic E-state index is 0.0456. The van der Waals surface area contributed by atoms with Crippen LogP contribution in [0.1, 0.15) is 30.0 Å². The largest absolute Gasteiger partial charge is 0.496 e. The molecule has 2 aliphatic heterocycles. The van der Waals surface area contributed by atoms with Gasteiger partial charge >= 0.3 is 0 Å². The van der Waals surface area contributed by atoms with Crippen molar-refractivity contribution in [3.63, 3.8) is 0 Å². The number of rotatable bonds is 5. The van der Waals surface area contributed by atoms with Gasteiger partial charge in [-0.15, -0.1) is 0 Å². The smallest absolute Gasteiger partial charge is 0.248 e. The van der Waals surface area contributed by atoms with Crippen LogP contribution in [0.3, 0.4) is 0 Å². The van der Waals surface area contributed by atoms with E-state index in [0.717, 1.165) is 16.8 Å². The number of amides is 3. The molecule has 0 radical (unpaired) electrons. The number of benzene rings is 2. The Labute approximate surface area is 193 Å². The molecule has 2 N–H and O–H groups in total. The molecular formula is C25H29N3O5. The fourth-order valence-corrected chi connectivity index (χ4v) is 4.68. The van der Waals surface area contributed by atoms with Gasteiger partial charge in [-0.25, -0.2) is 0 Å². The molecule has 2 aliphatic rings. The van der Waals surface area contributed by atoms with Gasteiger partial charge in [0, 0.05) is 24.2 Å². The van der Waals surface area contributed by atoms with Crippen LogP contribution >= 0.6 is 0 Å². The molecule has 2 fully saturated rings. The fraction of sp³-hybridized carbons (Fsp3) is 0.400. The molecule has 0 aliphatic carbocycles. The lowest BCUT2D eigenvalue weighted by atomic mass is 9.82. The van der Waals surface area contributed by atoms with Crippen molar-refractivity contribution in [2.45, 2.75) is 31.9 Å². The molecule has 3 amide bonds. The third kappa shape index (κ3) is 4.57. The first-order valence-electron chi connectivity index (χ1n) is 11.1. The van der Waals surface area contributed by atoms with Gasteiger partial charge in [-0.3, -0.25) is 14.4 Å². The number of anilines is 1. The topological polar surface area (TPSA) is 102 Å². The first kappa shape index (κ1) is 22.8. The number of methoxy groups -OCH3 is 1. The average Bonchev–Trinajstić information content (AvgIpc) is 2.84. The molecule has 4 rings (SSSR count). The van der Waals surface area contributed by atoms with E-state index < -0.39 is 24.0 Å². The fourth-order valence-electron chi connectivity index (χ4n) is 4.68. The maximum absolute atomic E-state index is 13.8. The molecule has 0 saturated carbocycles. The summed E-state index contributed by atoms with van der Waals surface area (Å²) in [5.41, 5.74) is 8.00. The molecule has 0 aromatic heterocycles. The van der Waals surface area contributed by atoms with Gasteiger partial charge in [0.05, 0.1) is 32.2 Å². The summed E-state index contributed by atoms with van der Waals surface area (Å²) in [6.07, 6.45) is -0.174. The number of ether oxygens (including phenoxy) is 2. The summed E-state index contributed by atoms with van der Waals surface area (Å²) in [6.45, 7) is 2.71. The highest BCUT2D eigenvalue weighted by Crippen LogP contribution is 2.43. The van der Waals surface area contributed by atoms with Crippen LogP contribution in [-0.2, 0) is 19.1 Å². The van der Waals surface area contributed by atoms with Crippen molar-refractivity contribution < 1.29 is 23.9 Å². The Morgan fingerprint density at radius 1 is 1.12 bits per heavy atom. The number of carbonyl (C=O) groups is 3. The molecule has 8 heteroatoms. The van der Waals surface area contributed by atoms with Crippen molar-refractivity contribution in [1.29, 1.82) is 0 Å². The van der Waals surface area contributed by atoms with Crippen molar-refractivity contribution in [2.75, 3.05) is 31.7 Å². The molecular weight excluding hydrogens is 422 g/mol.